The monoisotopic (exact) mass is 221 g/mol. The number of rotatable bonds is 0. The zero-order valence-electron chi connectivity index (χ0n) is 9.26. The number of hydrogen-bond acceptors (Lipinski definition) is 2. The Kier molecular flexibility index (Phi) is 2.36. The van der Waals surface area contributed by atoms with E-state index in [0.717, 1.165) is 44.7 Å². The molecule has 0 aromatic heterocycles. The second-order valence-electron chi connectivity index (χ2n) is 4.94. The van der Waals surface area contributed by atoms with E-state index >= 15 is 0 Å². The summed E-state index contributed by atoms with van der Waals surface area (Å²) in [5, 5.41) is 3.37. The van der Waals surface area contributed by atoms with Crippen LogP contribution in [0.2, 0.25) is 0 Å². The van der Waals surface area contributed by atoms with Crippen molar-refractivity contribution >= 4 is 5.69 Å². The van der Waals surface area contributed by atoms with Gasteiger partial charge in [0.2, 0.25) is 0 Å². The first-order valence-electron chi connectivity index (χ1n) is 5.88. The maximum atomic E-state index is 13.1. The highest BCUT2D eigenvalue weighted by molar-refractivity contribution is 5.54. The predicted molar refractivity (Wildman–Crippen MR) is 61.1 cm³/mol. The van der Waals surface area contributed by atoms with Crippen molar-refractivity contribution in [2.75, 3.05) is 25.1 Å². The van der Waals surface area contributed by atoms with E-state index in [9.17, 15) is 4.39 Å². The van der Waals surface area contributed by atoms with Crippen LogP contribution in [0.3, 0.4) is 0 Å². The van der Waals surface area contributed by atoms with Gasteiger partial charge in [-0.05, 0) is 42.4 Å². The maximum Gasteiger partial charge on any atom is 0.125 e. The van der Waals surface area contributed by atoms with Crippen LogP contribution in [0.1, 0.15) is 18.4 Å². The van der Waals surface area contributed by atoms with E-state index in [1.54, 1.807) is 12.1 Å². The Hall–Kier alpha value is -1.09. The molecule has 0 amide bonds. The van der Waals surface area contributed by atoms with Crippen LogP contribution in [0.15, 0.2) is 18.2 Å². The molecule has 0 bridgehead atoms. The van der Waals surface area contributed by atoms with E-state index in [-0.39, 0.29) is 5.82 Å². The zero-order chi connectivity index (χ0) is 11.0. The lowest BCUT2D eigenvalue weighted by atomic mass is 9.73. The van der Waals surface area contributed by atoms with Crippen molar-refractivity contribution in [3.63, 3.8) is 0 Å². The van der Waals surface area contributed by atoms with Gasteiger partial charge in [0.25, 0.3) is 0 Å². The fourth-order valence-electron chi connectivity index (χ4n) is 2.77. The Morgan fingerprint density at radius 1 is 1.25 bits per heavy atom. The summed E-state index contributed by atoms with van der Waals surface area (Å²) in [5.74, 6) is -0.158. The number of ether oxygens (including phenoxy) is 1. The van der Waals surface area contributed by atoms with Crippen molar-refractivity contribution in [1.82, 2.24) is 0 Å². The minimum atomic E-state index is -0.158. The molecule has 2 heterocycles. The Morgan fingerprint density at radius 3 is 2.88 bits per heavy atom. The second-order valence-corrected chi connectivity index (χ2v) is 4.94. The molecule has 1 fully saturated rings. The third-order valence-corrected chi connectivity index (χ3v) is 3.84. The van der Waals surface area contributed by atoms with Crippen LogP contribution >= 0.6 is 0 Å². The second kappa shape index (κ2) is 3.74. The summed E-state index contributed by atoms with van der Waals surface area (Å²) in [7, 11) is 0. The molecule has 0 atom stereocenters. The van der Waals surface area contributed by atoms with Crippen LogP contribution in [0.5, 0.6) is 0 Å². The van der Waals surface area contributed by atoms with Gasteiger partial charge >= 0.3 is 0 Å². The van der Waals surface area contributed by atoms with E-state index in [2.05, 4.69) is 5.32 Å². The molecule has 1 aromatic rings. The van der Waals surface area contributed by atoms with Crippen LogP contribution in [0.25, 0.3) is 0 Å². The normalized spacial score (nSPS) is 22.6. The molecule has 0 radical (unpaired) electrons. The standard InChI is InChI=1S/C13H16FNO/c14-11-2-1-10-8-13(3-5-16-6-4-13)9-15-12(10)7-11/h1-2,7,15H,3-6,8-9H2. The van der Waals surface area contributed by atoms with Crippen molar-refractivity contribution in [2.45, 2.75) is 19.3 Å². The summed E-state index contributed by atoms with van der Waals surface area (Å²) in [6.07, 6.45) is 3.27. The topological polar surface area (TPSA) is 21.3 Å². The van der Waals surface area contributed by atoms with Gasteiger partial charge in [0.05, 0.1) is 0 Å². The highest BCUT2D eigenvalue weighted by Gasteiger charge is 2.36. The quantitative estimate of drug-likeness (QED) is 0.727. The number of benzene rings is 1. The third-order valence-electron chi connectivity index (χ3n) is 3.84. The van der Waals surface area contributed by atoms with E-state index in [1.807, 2.05) is 6.07 Å². The lowest BCUT2D eigenvalue weighted by Crippen LogP contribution is -2.40. The van der Waals surface area contributed by atoms with E-state index in [0.29, 0.717) is 5.41 Å². The molecule has 0 saturated carbocycles. The van der Waals surface area contributed by atoms with Gasteiger partial charge in [-0.25, -0.2) is 4.39 Å². The van der Waals surface area contributed by atoms with Gasteiger partial charge in [-0.15, -0.1) is 0 Å². The van der Waals surface area contributed by atoms with Gasteiger partial charge in [-0.2, -0.15) is 0 Å². The number of halogens is 1. The fraction of sp³-hybridized carbons (Fsp3) is 0.538. The molecule has 1 N–H and O–H groups in total. The van der Waals surface area contributed by atoms with Crippen LogP contribution in [0, 0.1) is 11.2 Å². The van der Waals surface area contributed by atoms with Crippen molar-refractivity contribution < 1.29 is 9.13 Å². The summed E-state index contributed by atoms with van der Waals surface area (Å²) in [4.78, 5) is 0. The molecule has 2 aliphatic rings. The number of fused-ring (bicyclic) bond motifs is 1. The Morgan fingerprint density at radius 2 is 2.06 bits per heavy atom. The molecule has 86 valence electrons. The number of nitrogens with one attached hydrogen (secondary N) is 1. The summed E-state index contributed by atoms with van der Waals surface area (Å²) in [6, 6.07) is 5.06. The van der Waals surface area contributed by atoms with Gasteiger partial charge in [0, 0.05) is 25.4 Å². The summed E-state index contributed by atoms with van der Waals surface area (Å²) >= 11 is 0. The zero-order valence-corrected chi connectivity index (χ0v) is 9.26. The summed E-state index contributed by atoms with van der Waals surface area (Å²) in [6.45, 7) is 2.67. The molecular formula is C13H16FNO. The molecule has 1 spiro atoms. The molecule has 1 saturated heterocycles. The van der Waals surface area contributed by atoms with Crippen LogP contribution in [-0.4, -0.2) is 19.8 Å². The van der Waals surface area contributed by atoms with Crippen molar-refractivity contribution in [1.29, 1.82) is 0 Å². The van der Waals surface area contributed by atoms with Gasteiger partial charge < -0.3 is 10.1 Å². The SMILES string of the molecule is Fc1ccc2c(c1)NCC1(CCOCC1)C2. The summed E-state index contributed by atoms with van der Waals surface area (Å²) < 4.78 is 18.5. The fourth-order valence-corrected chi connectivity index (χ4v) is 2.77. The molecule has 1 aromatic carbocycles. The highest BCUT2D eigenvalue weighted by atomic mass is 19.1. The van der Waals surface area contributed by atoms with Crippen LogP contribution < -0.4 is 5.32 Å². The number of anilines is 1. The first-order valence-corrected chi connectivity index (χ1v) is 5.88. The van der Waals surface area contributed by atoms with Gasteiger partial charge in [0.1, 0.15) is 5.82 Å². The molecule has 0 aliphatic carbocycles. The molecule has 3 rings (SSSR count). The molecule has 16 heavy (non-hydrogen) atoms. The van der Waals surface area contributed by atoms with Crippen LogP contribution in [0.4, 0.5) is 10.1 Å². The molecule has 3 heteroatoms. The minimum absolute atomic E-state index is 0.158. The predicted octanol–water partition coefficient (Wildman–Crippen LogP) is 2.59. The Balaban J connectivity index is 1.88. The molecule has 2 aliphatic heterocycles. The molecular weight excluding hydrogens is 205 g/mol. The smallest absolute Gasteiger partial charge is 0.125 e. The van der Waals surface area contributed by atoms with E-state index in [4.69, 9.17) is 4.74 Å². The summed E-state index contributed by atoms with van der Waals surface area (Å²) in [5.41, 5.74) is 2.55. The van der Waals surface area contributed by atoms with E-state index in [1.165, 1.54) is 5.56 Å². The van der Waals surface area contributed by atoms with Gasteiger partial charge in [-0.1, -0.05) is 6.07 Å². The lowest BCUT2D eigenvalue weighted by molar-refractivity contribution is 0.0198. The maximum absolute atomic E-state index is 13.1. The van der Waals surface area contributed by atoms with Gasteiger partial charge in [-0.3, -0.25) is 0 Å². The van der Waals surface area contributed by atoms with Crippen molar-refractivity contribution in [3.8, 4) is 0 Å². The Labute approximate surface area is 94.8 Å². The largest absolute Gasteiger partial charge is 0.384 e. The first-order chi connectivity index (χ1) is 7.77. The van der Waals surface area contributed by atoms with Crippen molar-refractivity contribution in [3.05, 3.63) is 29.6 Å². The highest BCUT2D eigenvalue weighted by Crippen LogP contribution is 2.40. The first kappa shape index (κ1) is 10.1. The van der Waals surface area contributed by atoms with Crippen LogP contribution in [-0.2, 0) is 11.2 Å². The Bertz CT molecular complexity index is 399. The average molecular weight is 221 g/mol. The van der Waals surface area contributed by atoms with E-state index < -0.39 is 0 Å². The van der Waals surface area contributed by atoms with Gasteiger partial charge in [0.15, 0.2) is 0 Å². The molecule has 0 unspecified atom stereocenters. The average Bonchev–Trinajstić information content (AvgIpc) is 2.31. The minimum Gasteiger partial charge on any atom is -0.384 e. The number of hydrogen-bond donors (Lipinski definition) is 1. The lowest BCUT2D eigenvalue weighted by Gasteiger charge is -2.41. The van der Waals surface area contributed by atoms with Crippen molar-refractivity contribution in [2.24, 2.45) is 5.41 Å². The molecule has 2 nitrogen and oxygen atoms in total. The third kappa shape index (κ3) is 1.69.